The molecule has 0 amide bonds. The first-order valence-corrected chi connectivity index (χ1v) is 16.0. The smallest absolute Gasteiger partial charge is 0.306 e. The van der Waals surface area contributed by atoms with E-state index in [0.29, 0.717) is 25.6 Å². The normalized spacial score (nSPS) is 24.6. The second kappa shape index (κ2) is 16.6. The zero-order chi connectivity index (χ0) is 28.2. The summed E-state index contributed by atoms with van der Waals surface area (Å²) in [5.74, 6) is -0.158. The van der Waals surface area contributed by atoms with Crippen LogP contribution in [0, 0.1) is 5.92 Å². The Bertz CT molecular complexity index is 717. The Morgan fingerprint density at radius 1 is 1.03 bits per heavy atom. The maximum absolute atomic E-state index is 14.1. The second-order valence-corrected chi connectivity index (χ2v) is 14.6. The fraction of sp³-hybridized carbons (Fsp3) is 0.963. The van der Waals surface area contributed by atoms with Gasteiger partial charge in [-0.3, -0.25) is 9.36 Å². The third kappa shape index (κ3) is 14.7. The number of aliphatic hydroxyl groups is 3. The number of hydrogen-bond acceptors (Lipinski definition) is 10. The summed E-state index contributed by atoms with van der Waals surface area (Å²) in [6.07, 6.45) is 4.61. The second-order valence-electron chi connectivity index (χ2n) is 11.8. The highest BCUT2D eigenvalue weighted by Gasteiger charge is 2.41. The van der Waals surface area contributed by atoms with Gasteiger partial charge in [0.25, 0.3) is 0 Å². The van der Waals surface area contributed by atoms with Gasteiger partial charge < -0.3 is 38.8 Å². The number of carbonyl (C=O) groups excluding carboxylic acids is 1. The fourth-order valence-corrected chi connectivity index (χ4v) is 7.82. The topological polar surface area (TPSA) is 148 Å². The summed E-state index contributed by atoms with van der Waals surface area (Å²) in [7, 11) is -3.16. The number of hydrogen-bond donors (Lipinski definition) is 3. The Balaban J connectivity index is 0.000000904. The van der Waals surface area contributed by atoms with E-state index in [1.54, 1.807) is 0 Å². The van der Waals surface area contributed by atoms with Crippen molar-refractivity contribution in [2.45, 2.75) is 115 Å². The van der Waals surface area contributed by atoms with Crippen LogP contribution in [0.25, 0.3) is 0 Å². The molecule has 224 valence electrons. The Labute approximate surface area is 228 Å². The molecule has 3 aliphatic rings. The largest absolute Gasteiger partial charge is 0.463 e. The minimum Gasteiger partial charge on any atom is -0.463 e. The van der Waals surface area contributed by atoms with Crippen molar-refractivity contribution < 1.29 is 48.2 Å². The van der Waals surface area contributed by atoms with E-state index in [4.69, 9.17) is 23.8 Å². The molecular weight excluding hydrogens is 515 g/mol. The first kappa shape index (κ1) is 33.6. The van der Waals surface area contributed by atoms with Crippen molar-refractivity contribution >= 4 is 13.3 Å². The standard InChI is InChI=1S/C24H45O8P.C3H6O2/c1-18(2)12-19(25)15-31-23(27)10-11-33(28,22-8-6-5-7-9-22)32-24(3,4)13-20(26)14-29-16-21-17-30-21;4-1-3-2-5-3/h18-22,25-26H,5-17H2,1-4H3;3-4H,1-2H2. The lowest BCUT2D eigenvalue weighted by atomic mass is 10.0. The van der Waals surface area contributed by atoms with Gasteiger partial charge in [-0.2, -0.15) is 0 Å². The number of carbonyl (C=O) groups is 1. The number of ether oxygens (including phenoxy) is 4. The molecule has 1 saturated carbocycles. The minimum absolute atomic E-state index is 0.00862. The Kier molecular flexibility index (Phi) is 14.7. The van der Waals surface area contributed by atoms with Crippen molar-refractivity contribution in [1.29, 1.82) is 0 Å². The summed E-state index contributed by atoms with van der Waals surface area (Å²) < 4.78 is 40.7. The highest BCUT2D eigenvalue weighted by Crippen LogP contribution is 2.59. The van der Waals surface area contributed by atoms with E-state index in [1.807, 2.05) is 27.7 Å². The lowest BCUT2D eigenvalue weighted by Crippen LogP contribution is -2.34. The maximum Gasteiger partial charge on any atom is 0.306 e. The summed E-state index contributed by atoms with van der Waals surface area (Å²) in [4.78, 5) is 12.3. The third-order valence-corrected chi connectivity index (χ3v) is 9.97. The first-order chi connectivity index (χ1) is 17.9. The summed E-state index contributed by atoms with van der Waals surface area (Å²) in [5, 5.41) is 28.4. The molecule has 3 N–H and O–H groups in total. The molecule has 2 saturated heterocycles. The van der Waals surface area contributed by atoms with E-state index in [9.17, 15) is 19.6 Å². The average molecular weight is 567 g/mol. The predicted molar refractivity (Wildman–Crippen MR) is 144 cm³/mol. The van der Waals surface area contributed by atoms with Crippen LogP contribution in [-0.2, 0) is 32.8 Å². The Hall–Kier alpha value is -0.580. The average Bonchev–Trinajstić information content (AvgIpc) is 3.76. The summed E-state index contributed by atoms with van der Waals surface area (Å²) >= 11 is 0. The fourth-order valence-electron chi connectivity index (χ4n) is 4.65. The zero-order valence-electron chi connectivity index (χ0n) is 23.7. The third-order valence-electron chi connectivity index (χ3n) is 6.69. The van der Waals surface area contributed by atoms with Gasteiger partial charge in [-0.25, -0.2) is 0 Å². The molecule has 1 aliphatic carbocycles. The van der Waals surface area contributed by atoms with Crippen molar-refractivity contribution in [3.63, 3.8) is 0 Å². The first-order valence-electron chi connectivity index (χ1n) is 14.2. The molecule has 3 fully saturated rings. The van der Waals surface area contributed by atoms with E-state index in [2.05, 4.69) is 4.74 Å². The monoisotopic (exact) mass is 566 g/mol. The van der Waals surface area contributed by atoms with Crippen LogP contribution in [-0.4, -0.2) is 103 Å². The number of epoxide rings is 2. The van der Waals surface area contributed by atoms with Crippen LogP contribution in [0.3, 0.4) is 0 Å². The van der Waals surface area contributed by atoms with Crippen LogP contribution < -0.4 is 0 Å². The minimum atomic E-state index is -3.16. The van der Waals surface area contributed by atoms with Crippen LogP contribution in [0.2, 0.25) is 0 Å². The van der Waals surface area contributed by atoms with Gasteiger partial charge in [0, 0.05) is 18.2 Å². The van der Waals surface area contributed by atoms with Crippen LogP contribution in [0.4, 0.5) is 0 Å². The van der Waals surface area contributed by atoms with E-state index in [0.717, 1.165) is 38.7 Å². The molecule has 3 rings (SSSR count). The van der Waals surface area contributed by atoms with Gasteiger partial charge >= 0.3 is 5.97 Å². The van der Waals surface area contributed by atoms with Crippen molar-refractivity contribution in [3.05, 3.63) is 0 Å². The van der Waals surface area contributed by atoms with Gasteiger partial charge in [-0.05, 0) is 39.0 Å². The van der Waals surface area contributed by atoms with Crippen molar-refractivity contribution in [3.8, 4) is 0 Å². The number of aliphatic hydroxyl groups excluding tert-OH is 3. The van der Waals surface area contributed by atoms with Gasteiger partial charge in [-0.15, -0.1) is 0 Å². The van der Waals surface area contributed by atoms with Crippen molar-refractivity contribution in [2.24, 2.45) is 5.92 Å². The molecule has 11 heteroatoms. The zero-order valence-corrected chi connectivity index (χ0v) is 24.6. The molecule has 0 bridgehead atoms. The van der Waals surface area contributed by atoms with Crippen LogP contribution >= 0.6 is 7.37 Å². The van der Waals surface area contributed by atoms with E-state index >= 15 is 0 Å². The summed E-state index contributed by atoms with van der Waals surface area (Å²) in [5.41, 5.74) is -0.909. The van der Waals surface area contributed by atoms with Gasteiger partial charge in [0.15, 0.2) is 0 Å². The molecule has 38 heavy (non-hydrogen) atoms. The molecule has 0 aromatic heterocycles. The lowest BCUT2D eigenvalue weighted by Gasteiger charge is -2.37. The SMILES string of the molecule is CC(C)CC(O)COC(=O)CCP(=O)(OC(C)(C)CC(O)COCC1CO1)C1CCCCC1.OCC1CO1. The molecule has 5 unspecified atom stereocenters. The Morgan fingerprint density at radius 3 is 2.18 bits per heavy atom. The van der Waals surface area contributed by atoms with Crippen LogP contribution in [0.5, 0.6) is 0 Å². The van der Waals surface area contributed by atoms with E-state index < -0.39 is 31.1 Å². The molecule has 10 nitrogen and oxygen atoms in total. The van der Waals surface area contributed by atoms with Gasteiger partial charge in [-0.1, -0.05) is 33.1 Å². The molecule has 0 aromatic carbocycles. The molecule has 0 spiro atoms. The molecule has 0 aromatic rings. The summed E-state index contributed by atoms with van der Waals surface area (Å²) in [6.45, 7) is 9.90. The quantitative estimate of drug-likeness (QED) is 0.136. The van der Waals surface area contributed by atoms with Crippen molar-refractivity contribution in [1.82, 2.24) is 0 Å². The molecule has 5 atom stereocenters. The van der Waals surface area contributed by atoms with Crippen LogP contribution in [0.15, 0.2) is 0 Å². The van der Waals surface area contributed by atoms with Crippen molar-refractivity contribution in [2.75, 3.05) is 45.8 Å². The van der Waals surface area contributed by atoms with E-state index in [1.165, 1.54) is 0 Å². The van der Waals surface area contributed by atoms with Crippen LogP contribution in [0.1, 0.15) is 79.1 Å². The van der Waals surface area contributed by atoms with Gasteiger partial charge in [0.1, 0.15) is 18.8 Å². The Morgan fingerprint density at radius 2 is 1.66 bits per heavy atom. The molecular formula is C27H51O10P. The number of esters is 1. The molecule has 2 heterocycles. The highest BCUT2D eigenvalue weighted by atomic mass is 31.2. The lowest BCUT2D eigenvalue weighted by molar-refractivity contribution is -0.146. The summed E-state index contributed by atoms with van der Waals surface area (Å²) in [6, 6.07) is 0. The maximum atomic E-state index is 14.1. The highest BCUT2D eigenvalue weighted by molar-refractivity contribution is 7.59. The predicted octanol–water partition coefficient (Wildman–Crippen LogP) is 3.28. The van der Waals surface area contributed by atoms with E-state index in [-0.39, 0.29) is 56.7 Å². The molecule has 0 radical (unpaired) electrons. The van der Waals surface area contributed by atoms with Gasteiger partial charge in [0.2, 0.25) is 7.37 Å². The number of rotatable bonds is 17. The molecule has 2 aliphatic heterocycles. The van der Waals surface area contributed by atoms with Gasteiger partial charge in [0.05, 0.1) is 57.3 Å².